The van der Waals surface area contributed by atoms with Crippen LogP contribution in [-0.2, 0) is 6.54 Å². The highest BCUT2D eigenvalue weighted by atomic mass is 16.5. The summed E-state index contributed by atoms with van der Waals surface area (Å²) in [4.78, 5) is 8.76. The Kier molecular flexibility index (Phi) is 4.97. The Labute approximate surface area is 122 Å². The summed E-state index contributed by atoms with van der Waals surface area (Å²) < 4.78 is 5.94. The standard InChI is InChI=1S/C16H27N3O/c1-12(2)17-9-13-10-19-15(11-18-13)20-14-5-7-16(3,4)8-6-14/h10-12,14,17H,5-9H2,1-4H3. The zero-order valence-electron chi connectivity index (χ0n) is 13.1. The van der Waals surface area contributed by atoms with E-state index in [4.69, 9.17) is 4.74 Å². The summed E-state index contributed by atoms with van der Waals surface area (Å²) in [6, 6.07) is 0.457. The molecule has 4 nitrogen and oxygen atoms in total. The monoisotopic (exact) mass is 277 g/mol. The lowest BCUT2D eigenvalue weighted by molar-refractivity contribution is 0.0945. The molecule has 0 spiro atoms. The molecule has 2 rings (SSSR count). The fourth-order valence-electron chi connectivity index (χ4n) is 2.47. The van der Waals surface area contributed by atoms with Crippen molar-refractivity contribution < 1.29 is 4.74 Å². The molecule has 1 N–H and O–H groups in total. The Morgan fingerprint density at radius 3 is 2.50 bits per heavy atom. The van der Waals surface area contributed by atoms with Crippen molar-refractivity contribution in [3.8, 4) is 5.88 Å². The molecule has 0 radical (unpaired) electrons. The minimum Gasteiger partial charge on any atom is -0.473 e. The fourth-order valence-corrected chi connectivity index (χ4v) is 2.47. The number of aromatic nitrogens is 2. The topological polar surface area (TPSA) is 47.0 Å². The van der Waals surface area contributed by atoms with Crippen molar-refractivity contribution in [1.29, 1.82) is 0 Å². The molecule has 0 saturated heterocycles. The minimum absolute atomic E-state index is 0.303. The van der Waals surface area contributed by atoms with Gasteiger partial charge >= 0.3 is 0 Å². The van der Waals surface area contributed by atoms with Gasteiger partial charge in [0.1, 0.15) is 6.10 Å². The van der Waals surface area contributed by atoms with Crippen LogP contribution in [0.1, 0.15) is 59.1 Å². The number of rotatable bonds is 5. The smallest absolute Gasteiger partial charge is 0.232 e. The van der Waals surface area contributed by atoms with Gasteiger partial charge in [0.15, 0.2) is 0 Å². The van der Waals surface area contributed by atoms with E-state index in [9.17, 15) is 0 Å². The van der Waals surface area contributed by atoms with E-state index in [2.05, 4.69) is 43.0 Å². The van der Waals surface area contributed by atoms with Crippen molar-refractivity contribution in [3.63, 3.8) is 0 Å². The van der Waals surface area contributed by atoms with Crippen LogP contribution in [0.4, 0.5) is 0 Å². The van der Waals surface area contributed by atoms with Gasteiger partial charge in [0, 0.05) is 12.6 Å². The normalized spacial score (nSPS) is 19.2. The Morgan fingerprint density at radius 1 is 1.25 bits per heavy atom. The molecule has 1 fully saturated rings. The molecule has 1 aliphatic rings. The molecular formula is C16H27N3O. The first-order valence-electron chi connectivity index (χ1n) is 7.65. The first kappa shape index (κ1) is 15.2. The quantitative estimate of drug-likeness (QED) is 0.897. The largest absolute Gasteiger partial charge is 0.473 e. The van der Waals surface area contributed by atoms with Gasteiger partial charge < -0.3 is 10.1 Å². The van der Waals surface area contributed by atoms with Crippen molar-refractivity contribution in [2.45, 2.75) is 72.1 Å². The molecule has 20 heavy (non-hydrogen) atoms. The molecule has 112 valence electrons. The van der Waals surface area contributed by atoms with Gasteiger partial charge in [0.05, 0.1) is 18.1 Å². The summed E-state index contributed by atoms with van der Waals surface area (Å²) >= 11 is 0. The van der Waals surface area contributed by atoms with Gasteiger partial charge in [-0.3, -0.25) is 4.98 Å². The minimum atomic E-state index is 0.303. The number of hydrogen-bond acceptors (Lipinski definition) is 4. The Morgan fingerprint density at radius 2 is 1.95 bits per heavy atom. The molecule has 0 unspecified atom stereocenters. The molecule has 0 aliphatic heterocycles. The van der Waals surface area contributed by atoms with Crippen LogP contribution in [0.5, 0.6) is 5.88 Å². The summed E-state index contributed by atoms with van der Waals surface area (Å²) in [6.07, 6.45) is 8.53. The van der Waals surface area contributed by atoms with Crippen LogP contribution < -0.4 is 10.1 Å². The second-order valence-corrected chi connectivity index (χ2v) is 6.86. The van der Waals surface area contributed by atoms with Crippen molar-refractivity contribution in [2.24, 2.45) is 5.41 Å². The Bertz CT molecular complexity index is 404. The van der Waals surface area contributed by atoms with Gasteiger partial charge in [-0.15, -0.1) is 0 Å². The molecule has 1 aromatic rings. The van der Waals surface area contributed by atoms with Gasteiger partial charge in [-0.05, 0) is 31.1 Å². The predicted molar refractivity (Wildman–Crippen MR) is 80.7 cm³/mol. The third-order valence-corrected chi connectivity index (χ3v) is 3.95. The van der Waals surface area contributed by atoms with E-state index in [1.807, 2.05) is 0 Å². The lowest BCUT2D eigenvalue weighted by atomic mass is 9.76. The SMILES string of the molecule is CC(C)NCc1cnc(OC2CCC(C)(C)CC2)cn1. The summed E-state index contributed by atoms with van der Waals surface area (Å²) in [5.41, 5.74) is 1.42. The maximum absolute atomic E-state index is 5.94. The molecule has 1 heterocycles. The number of ether oxygens (including phenoxy) is 1. The number of nitrogens with one attached hydrogen (secondary N) is 1. The maximum atomic E-state index is 5.94. The zero-order chi connectivity index (χ0) is 14.6. The van der Waals surface area contributed by atoms with E-state index < -0.39 is 0 Å². The van der Waals surface area contributed by atoms with Crippen molar-refractivity contribution in [2.75, 3.05) is 0 Å². The summed E-state index contributed by atoms with van der Waals surface area (Å²) in [5.74, 6) is 0.656. The van der Waals surface area contributed by atoms with Gasteiger partial charge in [0.25, 0.3) is 0 Å². The number of hydrogen-bond donors (Lipinski definition) is 1. The second-order valence-electron chi connectivity index (χ2n) is 6.86. The molecule has 4 heteroatoms. The van der Waals surface area contributed by atoms with Crippen LogP contribution in [-0.4, -0.2) is 22.1 Å². The van der Waals surface area contributed by atoms with E-state index in [0.717, 1.165) is 25.1 Å². The summed E-state index contributed by atoms with van der Waals surface area (Å²) in [7, 11) is 0. The van der Waals surface area contributed by atoms with Crippen molar-refractivity contribution in [3.05, 3.63) is 18.1 Å². The molecule has 1 aliphatic carbocycles. The highest BCUT2D eigenvalue weighted by molar-refractivity contribution is 5.08. The molecule has 0 bridgehead atoms. The van der Waals surface area contributed by atoms with Gasteiger partial charge in [-0.2, -0.15) is 0 Å². The summed E-state index contributed by atoms with van der Waals surface area (Å²) in [5, 5.41) is 3.33. The molecular weight excluding hydrogens is 250 g/mol. The van der Waals surface area contributed by atoms with Crippen molar-refractivity contribution in [1.82, 2.24) is 15.3 Å². The van der Waals surface area contributed by atoms with E-state index in [-0.39, 0.29) is 0 Å². The van der Waals surface area contributed by atoms with Gasteiger partial charge in [-0.25, -0.2) is 4.98 Å². The predicted octanol–water partition coefficient (Wildman–Crippen LogP) is 3.32. The van der Waals surface area contributed by atoms with E-state index in [1.165, 1.54) is 12.8 Å². The second kappa shape index (κ2) is 6.53. The Hall–Kier alpha value is -1.16. The Balaban J connectivity index is 1.82. The van der Waals surface area contributed by atoms with Crippen LogP contribution >= 0.6 is 0 Å². The van der Waals surface area contributed by atoms with Crippen LogP contribution in [0, 0.1) is 5.41 Å². The van der Waals surface area contributed by atoms with Crippen LogP contribution in [0.15, 0.2) is 12.4 Å². The number of nitrogens with zero attached hydrogens (tertiary/aromatic N) is 2. The highest BCUT2D eigenvalue weighted by Gasteiger charge is 2.27. The average molecular weight is 277 g/mol. The molecule has 0 aromatic carbocycles. The van der Waals surface area contributed by atoms with E-state index >= 15 is 0 Å². The average Bonchev–Trinajstić information content (AvgIpc) is 2.40. The third-order valence-electron chi connectivity index (χ3n) is 3.95. The van der Waals surface area contributed by atoms with Crippen LogP contribution in [0.2, 0.25) is 0 Å². The van der Waals surface area contributed by atoms with E-state index in [0.29, 0.717) is 23.4 Å². The van der Waals surface area contributed by atoms with Crippen LogP contribution in [0.3, 0.4) is 0 Å². The molecule has 1 saturated carbocycles. The van der Waals surface area contributed by atoms with Crippen molar-refractivity contribution >= 4 is 0 Å². The first-order chi connectivity index (χ1) is 9.44. The zero-order valence-corrected chi connectivity index (χ0v) is 13.1. The van der Waals surface area contributed by atoms with Gasteiger partial charge in [-0.1, -0.05) is 27.7 Å². The third kappa shape index (κ3) is 4.75. The van der Waals surface area contributed by atoms with Crippen LogP contribution in [0.25, 0.3) is 0 Å². The first-order valence-corrected chi connectivity index (χ1v) is 7.65. The van der Waals surface area contributed by atoms with E-state index in [1.54, 1.807) is 12.4 Å². The lowest BCUT2D eigenvalue weighted by Crippen LogP contribution is -2.28. The lowest BCUT2D eigenvalue weighted by Gasteiger charge is -2.33. The highest BCUT2D eigenvalue weighted by Crippen LogP contribution is 2.36. The van der Waals surface area contributed by atoms with Gasteiger partial charge in [0.2, 0.25) is 5.88 Å². The molecule has 0 amide bonds. The molecule has 1 aromatic heterocycles. The maximum Gasteiger partial charge on any atom is 0.232 e. The molecule has 0 atom stereocenters. The fraction of sp³-hybridized carbons (Fsp3) is 0.750. The summed E-state index contributed by atoms with van der Waals surface area (Å²) in [6.45, 7) is 9.66.